The molecule has 1 heterocycles. The Morgan fingerprint density at radius 2 is 1.85 bits per heavy atom. The van der Waals surface area contributed by atoms with Crippen LogP contribution in [0.25, 0.3) is 0 Å². The summed E-state index contributed by atoms with van der Waals surface area (Å²) < 4.78 is 4.73. The van der Waals surface area contributed by atoms with E-state index in [-0.39, 0.29) is 30.0 Å². The molecule has 1 unspecified atom stereocenters. The molecule has 1 amide bonds. The number of carbonyl (C=O) groups excluding carboxylic acids is 2. The first-order valence-corrected chi connectivity index (χ1v) is 7.38. The SMILES string of the molecule is CCC.COC(=O)C1CCCN1CC(=O)NC(C)(C)C. The third-order valence-corrected chi connectivity index (χ3v) is 2.70. The third kappa shape index (κ3) is 7.48. The van der Waals surface area contributed by atoms with E-state index in [0.717, 1.165) is 19.4 Å². The maximum absolute atomic E-state index is 11.8. The highest BCUT2D eigenvalue weighted by molar-refractivity contribution is 5.81. The van der Waals surface area contributed by atoms with Gasteiger partial charge in [0.2, 0.25) is 5.91 Å². The van der Waals surface area contributed by atoms with Crippen molar-refractivity contribution in [1.82, 2.24) is 10.2 Å². The van der Waals surface area contributed by atoms with E-state index in [0.29, 0.717) is 0 Å². The van der Waals surface area contributed by atoms with Gasteiger partial charge in [-0.05, 0) is 40.2 Å². The molecule has 1 fully saturated rings. The van der Waals surface area contributed by atoms with Gasteiger partial charge in [0, 0.05) is 5.54 Å². The van der Waals surface area contributed by atoms with Gasteiger partial charge >= 0.3 is 5.97 Å². The fourth-order valence-electron chi connectivity index (χ4n) is 2.06. The van der Waals surface area contributed by atoms with Crippen molar-refractivity contribution >= 4 is 11.9 Å². The van der Waals surface area contributed by atoms with E-state index in [1.165, 1.54) is 13.5 Å². The van der Waals surface area contributed by atoms with E-state index in [2.05, 4.69) is 19.2 Å². The summed E-state index contributed by atoms with van der Waals surface area (Å²) in [5.41, 5.74) is -0.239. The van der Waals surface area contributed by atoms with E-state index in [1.807, 2.05) is 25.7 Å². The van der Waals surface area contributed by atoms with Gasteiger partial charge in [-0.2, -0.15) is 0 Å². The smallest absolute Gasteiger partial charge is 0.323 e. The van der Waals surface area contributed by atoms with Crippen LogP contribution >= 0.6 is 0 Å². The summed E-state index contributed by atoms with van der Waals surface area (Å²) in [5.74, 6) is -0.292. The van der Waals surface area contributed by atoms with Gasteiger partial charge < -0.3 is 10.1 Å². The highest BCUT2D eigenvalue weighted by atomic mass is 16.5. The van der Waals surface area contributed by atoms with Crippen LogP contribution in [-0.2, 0) is 14.3 Å². The van der Waals surface area contributed by atoms with E-state index in [4.69, 9.17) is 4.74 Å². The Bertz CT molecular complexity index is 311. The summed E-state index contributed by atoms with van der Waals surface area (Å²) in [4.78, 5) is 25.1. The highest BCUT2D eigenvalue weighted by Gasteiger charge is 2.32. The Balaban J connectivity index is 0.00000110. The number of rotatable bonds is 3. The summed E-state index contributed by atoms with van der Waals surface area (Å²) in [7, 11) is 1.38. The first-order valence-electron chi connectivity index (χ1n) is 7.38. The first kappa shape index (κ1) is 18.9. The number of hydrogen-bond donors (Lipinski definition) is 1. The lowest BCUT2D eigenvalue weighted by Crippen LogP contribution is -2.48. The molecule has 20 heavy (non-hydrogen) atoms. The lowest BCUT2D eigenvalue weighted by molar-refractivity contribution is -0.146. The number of nitrogens with zero attached hydrogens (tertiary/aromatic N) is 1. The number of ether oxygens (including phenoxy) is 1. The summed E-state index contributed by atoms with van der Waals surface area (Å²) in [6.07, 6.45) is 2.96. The molecule has 1 aliphatic heterocycles. The average Bonchev–Trinajstić information content (AvgIpc) is 2.74. The van der Waals surface area contributed by atoms with Crippen molar-refractivity contribution in [2.75, 3.05) is 20.2 Å². The number of nitrogens with one attached hydrogen (secondary N) is 1. The Morgan fingerprint density at radius 3 is 2.30 bits per heavy atom. The second-order valence-corrected chi connectivity index (χ2v) is 6.16. The lowest BCUT2D eigenvalue weighted by Gasteiger charge is -2.25. The van der Waals surface area contributed by atoms with Gasteiger partial charge in [0.25, 0.3) is 0 Å². The van der Waals surface area contributed by atoms with Gasteiger partial charge in [0.1, 0.15) is 6.04 Å². The summed E-state index contributed by atoms with van der Waals surface area (Å²) in [6, 6.07) is -0.259. The zero-order chi connectivity index (χ0) is 15.8. The fourth-order valence-corrected chi connectivity index (χ4v) is 2.06. The lowest BCUT2D eigenvalue weighted by atomic mass is 10.1. The molecular formula is C15H30N2O3. The molecular weight excluding hydrogens is 256 g/mol. The Hall–Kier alpha value is -1.10. The molecule has 0 saturated carbocycles. The summed E-state index contributed by atoms with van der Waals surface area (Å²) in [6.45, 7) is 11.1. The predicted molar refractivity (Wildman–Crippen MR) is 80.5 cm³/mol. The topological polar surface area (TPSA) is 58.6 Å². The van der Waals surface area contributed by atoms with Crippen molar-refractivity contribution in [3.8, 4) is 0 Å². The number of amides is 1. The fraction of sp³-hybridized carbons (Fsp3) is 0.867. The second-order valence-electron chi connectivity index (χ2n) is 6.16. The van der Waals surface area contributed by atoms with Crippen molar-refractivity contribution in [1.29, 1.82) is 0 Å². The number of carbonyl (C=O) groups is 2. The molecule has 5 heteroatoms. The third-order valence-electron chi connectivity index (χ3n) is 2.70. The van der Waals surface area contributed by atoms with Gasteiger partial charge in [-0.1, -0.05) is 20.3 Å². The van der Waals surface area contributed by atoms with Crippen LogP contribution in [0.15, 0.2) is 0 Å². The van der Waals surface area contributed by atoms with Crippen LogP contribution in [0.3, 0.4) is 0 Å². The quantitative estimate of drug-likeness (QED) is 0.806. The highest BCUT2D eigenvalue weighted by Crippen LogP contribution is 2.17. The average molecular weight is 286 g/mol. The molecule has 1 N–H and O–H groups in total. The van der Waals surface area contributed by atoms with Crippen molar-refractivity contribution in [2.24, 2.45) is 0 Å². The summed E-state index contributed by atoms with van der Waals surface area (Å²) in [5, 5.41) is 2.89. The molecule has 0 aromatic rings. The maximum Gasteiger partial charge on any atom is 0.323 e. The van der Waals surface area contributed by atoms with Gasteiger partial charge in [0.05, 0.1) is 13.7 Å². The van der Waals surface area contributed by atoms with Gasteiger partial charge in [0.15, 0.2) is 0 Å². The second kappa shape index (κ2) is 8.95. The minimum absolute atomic E-state index is 0.0479. The number of likely N-dealkylation sites (tertiary alicyclic amines) is 1. The molecule has 5 nitrogen and oxygen atoms in total. The van der Waals surface area contributed by atoms with Crippen LogP contribution in [0.2, 0.25) is 0 Å². The predicted octanol–water partition coefficient (Wildman–Crippen LogP) is 1.95. The Labute approximate surface area is 123 Å². The van der Waals surface area contributed by atoms with E-state index >= 15 is 0 Å². The van der Waals surface area contributed by atoms with Crippen LogP contribution in [0.5, 0.6) is 0 Å². The van der Waals surface area contributed by atoms with Crippen LogP contribution < -0.4 is 5.32 Å². The van der Waals surface area contributed by atoms with Crippen molar-refractivity contribution < 1.29 is 14.3 Å². The number of methoxy groups -OCH3 is 1. The van der Waals surface area contributed by atoms with Crippen LogP contribution in [0, 0.1) is 0 Å². The van der Waals surface area contributed by atoms with E-state index in [1.54, 1.807) is 0 Å². The molecule has 0 aromatic carbocycles. The zero-order valence-electron chi connectivity index (χ0n) is 13.8. The van der Waals surface area contributed by atoms with Crippen molar-refractivity contribution in [3.05, 3.63) is 0 Å². The van der Waals surface area contributed by atoms with Crippen LogP contribution in [0.4, 0.5) is 0 Å². The minimum Gasteiger partial charge on any atom is -0.468 e. The summed E-state index contributed by atoms with van der Waals surface area (Å²) >= 11 is 0. The minimum atomic E-state index is -0.259. The largest absolute Gasteiger partial charge is 0.468 e. The standard InChI is InChI=1S/C12H22N2O3.C3H8/c1-12(2,3)13-10(15)8-14-7-5-6-9(14)11(16)17-4;1-3-2/h9H,5-8H2,1-4H3,(H,13,15);3H2,1-2H3. The Morgan fingerprint density at radius 1 is 1.30 bits per heavy atom. The first-order chi connectivity index (χ1) is 9.25. The molecule has 1 rings (SSSR count). The normalized spacial score (nSPS) is 19.0. The van der Waals surface area contributed by atoms with Crippen molar-refractivity contribution in [2.45, 2.75) is 65.5 Å². The van der Waals surface area contributed by atoms with Crippen LogP contribution in [-0.4, -0.2) is 48.6 Å². The van der Waals surface area contributed by atoms with Gasteiger partial charge in [-0.25, -0.2) is 0 Å². The molecule has 1 aliphatic rings. The van der Waals surface area contributed by atoms with Crippen LogP contribution in [0.1, 0.15) is 53.9 Å². The number of hydrogen-bond acceptors (Lipinski definition) is 4. The van der Waals surface area contributed by atoms with Gasteiger partial charge in [-0.3, -0.25) is 14.5 Å². The molecule has 1 atom stereocenters. The number of esters is 1. The van der Waals surface area contributed by atoms with Gasteiger partial charge in [-0.15, -0.1) is 0 Å². The monoisotopic (exact) mass is 286 g/mol. The molecule has 118 valence electrons. The van der Waals surface area contributed by atoms with E-state index < -0.39 is 0 Å². The molecule has 0 bridgehead atoms. The Kier molecular flexibility index (Phi) is 8.46. The molecule has 0 aromatic heterocycles. The molecule has 0 aliphatic carbocycles. The van der Waals surface area contributed by atoms with Crippen molar-refractivity contribution in [3.63, 3.8) is 0 Å². The molecule has 0 radical (unpaired) electrons. The molecule has 1 saturated heterocycles. The van der Waals surface area contributed by atoms with E-state index in [9.17, 15) is 9.59 Å². The zero-order valence-corrected chi connectivity index (χ0v) is 13.8. The maximum atomic E-state index is 11.8. The molecule has 0 spiro atoms.